The molecule has 1 aliphatic carbocycles. The number of hydrogen-bond acceptors (Lipinski definition) is 1. The van der Waals surface area contributed by atoms with E-state index in [0.29, 0.717) is 0 Å². The Bertz CT molecular complexity index is 585. The summed E-state index contributed by atoms with van der Waals surface area (Å²) in [6, 6.07) is 8.42. The highest BCUT2D eigenvalue weighted by Gasteiger charge is 2.13. The van der Waals surface area contributed by atoms with E-state index in [-0.39, 0.29) is 0 Å². The third-order valence-electron chi connectivity index (χ3n) is 4.33. The van der Waals surface area contributed by atoms with Crippen molar-refractivity contribution in [2.24, 2.45) is 0 Å². The van der Waals surface area contributed by atoms with E-state index in [1.807, 2.05) is 12.2 Å². The van der Waals surface area contributed by atoms with Gasteiger partial charge in [-0.05, 0) is 45.4 Å². The number of nitrogens with zero attached hydrogens (tertiary/aromatic N) is 2. The van der Waals surface area contributed by atoms with Crippen molar-refractivity contribution in [3.8, 4) is 0 Å². The van der Waals surface area contributed by atoms with E-state index in [4.69, 9.17) is 1.37 Å². The van der Waals surface area contributed by atoms with Crippen molar-refractivity contribution < 1.29 is 5.95 Å². The van der Waals surface area contributed by atoms with Gasteiger partial charge in [-0.2, -0.15) is 0 Å². The quantitative estimate of drug-likeness (QED) is 0.712. The molecule has 1 aliphatic rings. The van der Waals surface area contributed by atoms with Gasteiger partial charge in [0, 0.05) is 38.2 Å². The van der Waals surface area contributed by atoms with E-state index in [2.05, 4.69) is 73.6 Å². The fourth-order valence-corrected chi connectivity index (χ4v) is 2.91. The average molecular weight is 298 g/mol. The van der Waals surface area contributed by atoms with Gasteiger partial charge in [0.1, 0.15) is 13.1 Å². The predicted octanol–water partition coefficient (Wildman–Crippen LogP) is 4.24. The van der Waals surface area contributed by atoms with Crippen LogP contribution in [0, 0.1) is 0 Å². The third-order valence-corrected chi connectivity index (χ3v) is 4.33. The lowest BCUT2D eigenvalue weighted by atomic mass is 9.94. The molecule has 0 spiro atoms. The van der Waals surface area contributed by atoms with Crippen molar-refractivity contribution in [1.82, 2.24) is 0 Å². The Morgan fingerprint density at radius 3 is 1.95 bits per heavy atom. The minimum absolute atomic E-state index is 0.765. The molecule has 0 aromatic heterocycles. The van der Waals surface area contributed by atoms with Crippen LogP contribution >= 0.6 is 0 Å². The molecule has 0 aliphatic heterocycles. The minimum atomic E-state index is -0.765. The van der Waals surface area contributed by atoms with E-state index < -0.39 is 5.89 Å². The van der Waals surface area contributed by atoms with Crippen LogP contribution in [0.4, 0.5) is 5.69 Å². The van der Waals surface area contributed by atoms with Crippen molar-refractivity contribution in [2.75, 3.05) is 31.1 Å². The standard InChI is InChI=1S/C20H29N2/c1-5-21(6-2)19-13-9-17(10-14-19)18-11-15-20(16-12-18)22(7-3)8-4/h9-17H,5-8H2,1-4H3/q+1/i17D. The topological polar surface area (TPSA) is 6.25 Å². The molecular formula is C20H29N2+. The Morgan fingerprint density at radius 2 is 1.50 bits per heavy atom. The molecule has 1 aromatic carbocycles. The van der Waals surface area contributed by atoms with E-state index in [1.165, 1.54) is 11.4 Å². The summed E-state index contributed by atoms with van der Waals surface area (Å²) in [6.07, 6.45) is 8.15. The molecule has 0 fully saturated rings. The summed E-state index contributed by atoms with van der Waals surface area (Å²) in [7, 11) is 0. The van der Waals surface area contributed by atoms with Crippen LogP contribution in [0.5, 0.6) is 0 Å². The van der Waals surface area contributed by atoms with E-state index in [9.17, 15) is 0 Å². The highest BCUT2D eigenvalue weighted by molar-refractivity contribution is 6.01. The Hall–Kier alpha value is -1.83. The van der Waals surface area contributed by atoms with Crippen LogP contribution in [0.3, 0.4) is 0 Å². The number of rotatable bonds is 6. The normalized spacial score (nSPS) is 20.9. The summed E-state index contributed by atoms with van der Waals surface area (Å²) >= 11 is 0. The molecule has 0 amide bonds. The molecule has 0 saturated heterocycles. The van der Waals surface area contributed by atoms with Gasteiger partial charge in [0.25, 0.3) is 0 Å². The van der Waals surface area contributed by atoms with Gasteiger partial charge in [-0.1, -0.05) is 24.3 Å². The maximum atomic E-state index is 8.76. The van der Waals surface area contributed by atoms with Crippen LogP contribution in [-0.2, 0) is 0 Å². The molecule has 0 bridgehead atoms. The Labute approximate surface area is 136 Å². The van der Waals surface area contributed by atoms with Crippen LogP contribution in [0.15, 0.2) is 48.6 Å². The lowest BCUT2D eigenvalue weighted by Gasteiger charge is -2.21. The van der Waals surface area contributed by atoms with Crippen LogP contribution in [0.25, 0.3) is 0 Å². The summed E-state index contributed by atoms with van der Waals surface area (Å²) in [5.74, 6) is -0.765. The first-order chi connectivity index (χ1) is 11.1. The smallest absolute Gasteiger partial charge is 0.199 e. The summed E-state index contributed by atoms with van der Waals surface area (Å²) in [5.41, 5.74) is 3.43. The molecule has 22 heavy (non-hydrogen) atoms. The Morgan fingerprint density at radius 1 is 0.955 bits per heavy atom. The average Bonchev–Trinajstić information content (AvgIpc) is 2.59. The number of hydrogen-bond donors (Lipinski definition) is 0. The largest absolute Gasteiger partial charge is 0.372 e. The van der Waals surface area contributed by atoms with Gasteiger partial charge in [0.2, 0.25) is 0 Å². The molecular weight excluding hydrogens is 268 g/mol. The highest BCUT2D eigenvalue weighted by Crippen LogP contribution is 2.24. The van der Waals surface area contributed by atoms with Crippen LogP contribution in [0.2, 0.25) is 0 Å². The van der Waals surface area contributed by atoms with Crippen LogP contribution in [-0.4, -0.2) is 36.5 Å². The molecule has 118 valence electrons. The van der Waals surface area contributed by atoms with Gasteiger partial charge >= 0.3 is 0 Å². The van der Waals surface area contributed by atoms with Gasteiger partial charge in [-0.25, -0.2) is 4.58 Å². The molecule has 2 nitrogen and oxygen atoms in total. The Balaban J connectivity index is 2.25. The molecule has 2 heteroatoms. The maximum absolute atomic E-state index is 8.76. The van der Waals surface area contributed by atoms with E-state index in [1.54, 1.807) is 0 Å². The first-order valence-corrected chi connectivity index (χ1v) is 8.43. The second kappa shape index (κ2) is 7.98. The molecule has 0 N–H and O–H groups in total. The monoisotopic (exact) mass is 298 g/mol. The van der Waals surface area contributed by atoms with Crippen molar-refractivity contribution >= 4 is 11.4 Å². The number of anilines is 1. The number of benzene rings is 1. The van der Waals surface area contributed by atoms with E-state index in [0.717, 1.165) is 31.7 Å². The fourth-order valence-electron chi connectivity index (χ4n) is 2.91. The zero-order chi connectivity index (χ0) is 16.9. The highest BCUT2D eigenvalue weighted by atomic mass is 15.1. The third kappa shape index (κ3) is 3.68. The molecule has 0 heterocycles. The van der Waals surface area contributed by atoms with Crippen molar-refractivity contribution in [1.29, 1.82) is 0 Å². The molecule has 1 aromatic rings. The van der Waals surface area contributed by atoms with Gasteiger partial charge < -0.3 is 4.90 Å². The SMILES string of the molecule is [2H]C1(c2ccc(N(CC)CC)cc2)C=CC(=[N+](CC)CC)C=C1. The zero-order valence-corrected chi connectivity index (χ0v) is 14.3. The predicted molar refractivity (Wildman–Crippen MR) is 97.4 cm³/mol. The van der Waals surface area contributed by atoms with Crippen molar-refractivity contribution in [2.45, 2.75) is 33.6 Å². The first kappa shape index (κ1) is 15.1. The van der Waals surface area contributed by atoms with Gasteiger partial charge in [-0.15, -0.1) is 0 Å². The van der Waals surface area contributed by atoms with Gasteiger partial charge in [0.05, 0.1) is 0 Å². The molecule has 0 radical (unpaired) electrons. The lowest BCUT2D eigenvalue weighted by molar-refractivity contribution is -0.519. The fraction of sp³-hybridized carbons (Fsp3) is 0.450. The maximum Gasteiger partial charge on any atom is 0.199 e. The number of allylic oxidation sites excluding steroid dienone is 4. The second-order valence-corrected chi connectivity index (χ2v) is 5.44. The Kier molecular flexibility index (Phi) is 5.47. The second-order valence-electron chi connectivity index (χ2n) is 5.44. The zero-order valence-electron chi connectivity index (χ0n) is 15.3. The van der Waals surface area contributed by atoms with E-state index >= 15 is 0 Å². The minimum Gasteiger partial charge on any atom is -0.372 e. The summed E-state index contributed by atoms with van der Waals surface area (Å²) in [5, 5.41) is 0. The molecule has 2 rings (SSSR count). The molecule has 0 atom stereocenters. The van der Waals surface area contributed by atoms with Gasteiger partial charge in [0.15, 0.2) is 5.71 Å². The summed E-state index contributed by atoms with van der Waals surface area (Å²) in [6.45, 7) is 12.6. The lowest BCUT2D eigenvalue weighted by Crippen LogP contribution is -2.21. The van der Waals surface area contributed by atoms with Gasteiger partial charge in [-0.3, -0.25) is 0 Å². The van der Waals surface area contributed by atoms with Crippen LogP contribution < -0.4 is 4.90 Å². The van der Waals surface area contributed by atoms with Crippen LogP contribution in [0.1, 0.15) is 40.5 Å². The van der Waals surface area contributed by atoms with Crippen molar-refractivity contribution in [3.63, 3.8) is 0 Å². The summed E-state index contributed by atoms with van der Waals surface area (Å²) in [4.78, 5) is 2.32. The summed E-state index contributed by atoms with van der Waals surface area (Å²) < 4.78 is 11.1. The molecule has 0 unspecified atom stereocenters. The van der Waals surface area contributed by atoms with Crippen molar-refractivity contribution in [3.05, 3.63) is 54.1 Å². The molecule has 0 saturated carbocycles. The first-order valence-electron chi connectivity index (χ1n) is 8.93.